The van der Waals surface area contributed by atoms with Gasteiger partial charge in [0.15, 0.2) is 0 Å². The number of nitrogens with zero attached hydrogens (tertiary/aromatic N) is 1. The number of aromatic nitrogens is 1. The maximum absolute atomic E-state index is 13.4. The van der Waals surface area contributed by atoms with Gasteiger partial charge in [-0.25, -0.2) is 4.39 Å². The van der Waals surface area contributed by atoms with Gasteiger partial charge in [0.25, 0.3) is 0 Å². The van der Waals surface area contributed by atoms with Crippen molar-refractivity contribution in [1.29, 1.82) is 0 Å². The van der Waals surface area contributed by atoms with Crippen LogP contribution >= 0.6 is 0 Å². The summed E-state index contributed by atoms with van der Waals surface area (Å²) in [5.74, 6) is -0.176. The second kappa shape index (κ2) is 4.17. The SMILES string of the molecule is CC(Nn1cccc1)c1ccccc1F. The summed E-state index contributed by atoms with van der Waals surface area (Å²) in [5, 5.41) is 0. The first kappa shape index (κ1) is 9.77. The quantitative estimate of drug-likeness (QED) is 0.813. The Bertz CT molecular complexity index is 423. The second-order valence-corrected chi connectivity index (χ2v) is 3.46. The molecule has 0 radical (unpaired) electrons. The molecule has 0 aliphatic heterocycles. The monoisotopic (exact) mass is 204 g/mol. The topological polar surface area (TPSA) is 17.0 Å². The zero-order valence-electron chi connectivity index (χ0n) is 8.52. The smallest absolute Gasteiger partial charge is 0.128 e. The van der Waals surface area contributed by atoms with E-state index in [1.165, 1.54) is 6.07 Å². The first-order chi connectivity index (χ1) is 7.27. The van der Waals surface area contributed by atoms with Gasteiger partial charge in [-0.05, 0) is 25.1 Å². The van der Waals surface area contributed by atoms with Gasteiger partial charge < -0.3 is 5.43 Å². The van der Waals surface area contributed by atoms with Crippen LogP contribution in [0.3, 0.4) is 0 Å². The van der Waals surface area contributed by atoms with Crippen LogP contribution in [0.5, 0.6) is 0 Å². The highest BCUT2D eigenvalue weighted by atomic mass is 19.1. The molecule has 0 amide bonds. The molecule has 78 valence electrons. The van der Waals surface area contributed by atoms with Crippen LogP contribution in [0.4, 0.5) is 4.39 Å². The Kier molecular flexibility index (Phi) is 2.72. The molecule has 3 heteroatoms. The lowest BCUT2D eigenvalue weighted by Crippen LogP contribution is -2.17. The molecule has 0 saturated carbocycles. The molecule has 1 unspecified atom stereocenters. The predicted octanol–water partition coefficient (Wildman–Crippen LogP) is 2.93. The summed E-state index contributed by atoms with van der Waals surface area (Å²) in [7, 11) is 0. The Hall–Kier alpha value is -1.77. The molecule has 0 aliphatic rings. The van der Waals surface area contributed by atoms with Crippen molar-refractivity contribution in [2.24, 2.45) is 0 Å². The van der Waals surface area contributed by atoms with Gasteiger partial charge in [-0.2, -0.15) is 0 Å². The van der Waals surface area contributed by atoms with Crippen LogP contribution in [0.2, 0.25) is 0 Å². The van der Waals surface area contributed by atoms with E-state index in [0.29, 0.717) is 5.56 Å². The first-order valence-electron chi connectivity index (χ1n) is 4.91. The van der Waals surface area contributed by atoms with Crippen molar-refractivity contribution in [2.45, 2.75) is 13.0 Å². The van der Waals surface area contributed by atoms with Crippen molar-refractivity contribution >= 4 is 0 Å². The van der Waals surface area contributed by atoms with Crippen molar-refractivity contribution in [3.63, 3.8) is 0 Å². The summed E-state index contributed by atoms with van der Waals surface area (Å²) in [6.07, 6.45) is 3.77. The number of nitrogens with one attached hydrogen (secondary N) is 1. The van der Waals surface area contributed by atoms with Crippen LogP contribution in [0, 0.1) is 5.82 Å². The largest absolute Gasteiger partial charge is 0.319 e. The summed E-state index contributed by atoms with van der Waals surface area (Å²) in [6.45, 7) is 1.93. The molecule has 0 aliphatic carbocycles. The third kappa shape index (κ3) is 2.18. The van der Waals surface area contributed by atoms with Crippen LogP contribution in [0.1, 0.15) is 18.5 Å². The summed E-state index contributed by atoms with van der Waals surface area (Å²) >= 11 is 0. The summed E-state index contributed by atoms with van der Waals surface area (Å²) in [6, 6.07) is 10.6. The van der Waals surface area contributed by atoms with Gasteiger partial charge in [0.2, 0.25) is 0 Å². The first-order valence-corrected chi connectivity index (χ1v) is 4.91. The van der Waals surface area contributed by atoms with Gasteiger partial charge >= 0.3 is 0 Å². The highest BCUT2D eigenvalue weighted by Crippen LogP contribution is 2.16. The standard InChI is InChI=1S/C12H13FN2/c1-10(14-15-8-4-5-9-15)11-6-2-3-7-12(11)13/h2-10,14H,1H3. The third-order valence-electron chi connectivity index (χ3n) is 2.32. The van der Waals surface area contributed by atoms with Crippen molar-refractivity contribution in [1.82, 2.24) is 4.68 Å². The summed E-state index contributed by atoms with van der Waals surface area (Å²) in [4.78, 5) is 0. The highest BCUT2D eigenvalue weighted by Gasteiger charge is 2.08. The van der Waals surface area contributed by atoms with E-state index >= 15 is 0 Å². The molecule has 15 heavy (non-hydrogen) atoms. The Morgan fingerprint density at radius 1 is 1.13 bits per heavy atom. The minimum atomic E-state index is -0.176. The van der Waals surface area contributed by atoms with E-state index in [9.17, 15) is 4.39 Å². The minimum Gasteiger partial charge on any atom is -0.319 e. The normalized spacial score (nSPS) is 12.4. The van der Waals surface area contributed by atoms with Gasteiger partial charge in [0.1, 0.15) is 5.82 Å². The number of rotatable bonds is 3. The van der Waals surface area contributed by atoms with E-state index in [-0.39, 0.29) is 11.9 Å². The lowest BCUT2D eigenvalue weighted by atomic mass is 10.1. The zero-order valence-corrected chi connectivity index (χ0v) is 8.52. The Morgan fingerprint density at radius 2 is 1.80 bits per heavy atom. The van der Waals surface area contributed by atoms with Crippen LogP contribution in [-0.2, 0) is 0 Å². The van der Waals surface area contributed by atoms with E-state index < -0.39 is 0 Å². The van der Waals surface area contributed by atoms with E-state index in [1.807, 2.05) is 42.2 Å². The van der Waals surface area contributed by atoms with Crippen LogP contribution < -0.4 is 5.43 Å². The molecule has 0 saturated heterocycles. The fourth-order valence-electron chi connectivity index (χ4n) is 1.54. The molecular formula is C12H13FN2. The molecule has 1 N–H and O–H groups in total. The second-order valence-electron chi connectivity index (χ2n) is 3.46. The predicted molar refractivity (Wildman–Crippen MR) is 58.6 cm³/mol. The number of hydrogen-bond acceptors (Lipinski definition) is 1. The molecular weight excluding hydrogens is 191 g/mol. The molecule has 0 bridgehead atoms. The molecule has 1 heterocycles. The Morgan fingerprint density at radius 3 is 2.47 bits per heavy atom. The maximum atomic E-state index is 13.4. The molecule has 1 atom stereocenters. The Labute approximate surface area is 88.3 Å². The average Bonchev–Trinajstić information content (AvgIpc) is 2.71. The van der Waals surface area contributed by atoms with Gasteiger partial charge in [0.05, 0.1) is 6.04 Å². The fourth-order valence-corrected chi connectivity index (χ4v) is 1.54. The van der Waals surface area contributed by atoms with Crippen molar-refractivity contribution in [2.75, 3.05) is 5.43 Å². The Balaban J connectivity index is 2.15. The zero-order chi connectivity index (χ0) is 10.7. The van der Waals surface area contributed by atoms with Crippen LogP contribution in [-0.4, -0.2) is 4.68 Å². The van der Waals surface area contributed by atoms with Gasteiger partial charge in [-0.15, -0.1) is 0 Å². The number of benzene rings is 1. The van der Waals surface area contributed by atoms with Gasteiger partial charge in [-0.1, -0.05) is 18.2 Å². The van der Waals surface area contributed by atoms with Crippen LogP contribution in [0.15, 0.2) is 48.8 Å². The van der Waals surface area contributed by atoms with Crippen LogP contribution in [0.25, 0.3) is 0 Å². The fraction of sp³-hybridized carbons (Fsp3) is 0.167. The number of halogens is 1. The molecule has 1 aromatic carbocycles. The summed E-state index contributed by atoms with van der Waals surface area (Å²) in [5.41, 5.74) is 3.83. The summed E-state index contributed by atoms with van der Waals surface area (Å²) < 4.78 is 15.2. The third-order valence-corrected chi connectivity index (χ3v) is 2.32. The minimum absolute atomic E-state index is 0.0569. The molecule has 2 aromatic rings. The number of hydrogen-bond donors (Lipinski definition) is 1. The maximum Gasteiger partial charge on any atom is 0.128 e. The van der Waals surface area contributed by atoms with E-state index in [2.05, 4.69) is 5.43 Å². The molecule has 1 aromatic heterocycles. The van der Waals surface area contributed by atoms with Crippen molar-refractivity contribution in [3.8, 4) is 0 Å². The van der Waals surface area contributed by atoms with Gasteiger partial charge in [-0.3, -0.25) is 4.68 Å². The van der Waals surface area contributed by atoms with E-state index in [1.54, 1.807) is 12.1 Å². The lowest BCUT2D eigenvalue weighted by Gasteiger charge is -2.16. The molecule has 2 nitrogen and oxygen atoms in total. The van der Waals surface area contributed by atoms with Crippen molar-refractivity contribution < 1.29 is 4.39 Å². The molecule has 2 rings (SSSR count). The highest BCUT2D eigenvalue weighted by molar-refractivity contribution is 5.22. The lowest BCUT2D eigenvalue weighted by molar-refractivity contribution is 0.588. The van der Waals surface area contributed by atoms with Gasteiger partial charge in [0, 0.05) is 18.0 Å². The van der Waals surface area contributed by atoms with Crippen molar-refractivity contribution in [3.05, 3.63) is 60.2 Å². The van der Waals surface area contributed by atoms with E-state index in [4.69, 9.17) is 0 Å². The molecule has 0 fully saturated rings. The average molecular weight is 204 g/mol. The van der Waals surface area contributed by atoms with E-state index in [0.717, 1.165) is 0 Å². The molecule has 0 spiro atoms.